The van der Waals surface area contributed by atoms with Crippen molar-refractivity contribution in [1.29, 1.82) is 0 Å². The van der Waals surface area contributed by atoms with Crippen LogP contribution in [0.15, 0.2) is 24.3 Å². The maximum atomic E-state index is 11.5. The summed E-state index contributed by atoms with van der Waals surface area (Å²) in [4.78, 5) is 11.5. The van der Waals surface area contributed by atoms with E-state index in [9.17, 15) is 4.79 Å². The fourth-order valence-electron chi connectivity index (χ4n) is 2.49. The summed E-state index contributed by atoms with van der Waals surface area (Å²) in [7, 11) is 0. The predicted molar refractivity (Wildman–Crippen MR) is 73.5 cm³/mol. The third-order valence-electron chi connectivity index (χ3n) is 3.31. The maximum absolute atomic E-state index is 11.5. The van der Waals surface area contributed by atoms with Crippen molar-refractivity contribution in [3.8, 4) is 0 Å². The van der Waals surface area contributed by atoms with E-state index in [0.717, 1.165) is 6.54 Å². The number of benzene rings is 1. The molecule has 92 valence electrons. The summed E-state index contributed by atoms with van der Waals surface area (Å²) in [5.41, 5.74) is 2.89. The van der Waals surface area contributed by atoms with Crippen molar-refractivity contribution >= 4 is 17.7 Å². The van der Waals surface area contributed by atoms with E-state index in [1.807, 2.05) is 6.26 Å². The van der Waals surface area contributed by atoms with Crippen molar-refractivity contribution in [1.82, 2.24) is 5.32 Å². The average molecular weight is 249 g/mol. The van der Waals surface area contributed by atoms with Gasteiger partial charge in [-0.05, 0) is 36.6 Å². The van der Waals surface area contributed by atoms with Gasteiger partial charge in [0.2, 0.25) is 5.91 Å². The number of aryl methyl sites for hydroxylation is 1. The molecule has 3 heteroatoms. The molecule has 1 aliphatic carbocycles. The van der Waals surface area contributed by atoms with E-state index in [4.69, 9.17) is 0 Å². The molecule has 1 aromatic carbocycles. The smallest absolute Gasteiger partial charge is 0.230 e. The Morgan fingerprint density at radius 1 is 1.47 bits per heavy atom. The number of hydrogen-bond donors (Lipinski definition) is 1. The van der Waals surface area contributed by atoms with Crippen molar-refractivity contribution in [3.63, 3.8) is 0 Å². The molecule has 0 heterocycles. The van der Waals surface area contributed by atoms with Gasteiger partial charge in [-0.2, -0.15) is 11.8 Å². The molecule has 1 atom stereocenters. The molecule has 1 N–H and O–H groups in total. The second kappa shape index (κ2) is 6.10. The van der Waals surface area contributed by atoms with Crippen LogP contribution in [0.2, 0.25) is 0 Å². The minimum Gasteiger partial charge on any atom is -0.355 e. The monoisotopic (exact) mass is 249 g/mol. The largest absolute Gasteiger partial charge is 0.355 e. The Balaban J connectivity index is 1.97. The standard InChI is InChI=1S/C14H19NOS/c1-17-10-14(16)15-9-12-7-4-6-11-5-2-3-8-13(11)12/h2-3,5,8,12H,4,6-7,9-10H2,1H3,(H,15,16). The number of hydrogen-bond acceptors (Lipinski definition) is 2. The Hall–Kier alpha value is -0.960. The minimum absolute atomic E-state index is 0.153. The van der Waals surface area contributed by atoms with Gasteiger partial charge in [0.15, 0.2) is 0 Å². The number of amides is 1. The highest BCUT2D eigenvalue weighted by molar-refractivity contribution is 7.99. The van der Waals surface area contributed by atoms with Gasteiger partial charge in [0, 0.05) is 12.5 Å². The Kier molecular flexibility index (Phi) is 4.49. The summed E-state index contributed by atoms with van der Waals surface area (Å²) in [6.07, 6.45) is 5.57. The van der Waals surface area contributed by atoms with Gasteiger partial charge < -0.3 is 5.32 Å². The second-order valence-electron chi connectivity index (χ2n) is 4.53. The summed E-state index contributed by atoms with van der Waals surface area (Å²) in [6, 6.07) is 8.62. The lowest BCUT2D eigenvalue weighted by molar-refractivity contribution is -0.118. The van der Waals surface area contributed by atoms with Crippen LogP contribution < -0.4 is 5.32 Å². The van der Waals surface area contributed by atoms with Crippen LogP contribution >= 0.6 is 11.8 Å². The first kappa shape index (κ1) is 12.5. The highest BCUT2D eigenvalue weighted by Gasteiger charge is 2.19. The molecular formula is C14H19NOS. The minimum atomic E-state index is 0.153. The van der Waals surface area contributed by atoms with Gasteiger partial charge in [0.25, 0.3) is 0 Å². The molecule has 1 amide bonds. The van der Waals surface area contributed by atoms with Crippen LogP contribution in [0.5, 0.6) is 0 Å². The molecule has 0 aliphatic heterocycles. The molecule has 0 fully saturated rings. The SMILES string of the molecule is CSCC(=O)NCC1CCCc2ccccc21. The molecule has 0 spiro atoms. The van der Waals surface area contributed by atoms with E-state index in [0.29, 0.717) is 11.7 Å². The molecule has 1 unspecified atom stereocenters. The molecule has 2 nitrogen and oxygen atoms in total. The highest BCUT2D eigenvalue weighted by atomic mass is 32.2. The maximum Gasteiger partial charge on any atom is 0.230 e. The van der Waals surface area contributed by atoms with E-state index in [1.165, 1.54) is 30.4 Å². The number of thioether (sulfide) groups is 1. The van der Waals surface area contributed by atoms with Crippen molar-refractivity contribution in [2.75, 3.05) is 18.6 Å². The van der Waals surface area contributed by atoms with Crippen LogP contribution in [-0.2, 0) is 11.2 Å². The first-order chi connectivity index (χ1) is 8.31. The van der Waals surface area contributed by atoms with Crippen molar-refractivity contribution in [2.45, 2.75) is 25.2 Å². The summed E-state index contributed by atoms with van der Waals surface area (Å²) < 4.78 is 0. The summed E-state index contributed by atoms with van der Waals surface area (Å²) in [5, 5.41) is 3.03. The number of rotatable bonds is 4. The van der Waals surface area contributed by atoms with Crippen LogP contribution in [0.3, 0.4) is 0 Å². The molecule has 0 bridgehead atoms. The molecular weight excluding hydrogens is 230 g/mol. The molecule has 0 saturated heterocycles. The second-order valence-corrected chi connectivity index (χ2v) is 5.39. The lowest BCUT2D eigenvalue weighted by Crippen LogP contribution is -2.31. The number of carbonyl (C=O) groups is 1. The number of nitrogens with one attached hydrogen (secondary N) is 1. The molecule has 17 heavy (non-hydrogen) atoms. The number of fused-ring (bicyclic) bond motifs is 1. The quantitative estimate of drug-likeness (QED) is 0.888. The van der Waals surface area contributed by atoms with Crippen molar-refractivity contribution in [3.05, 3.63) is 35.4 Å². The molecule has 0 radical (unpaired) electrons. The van der Waals surface area contributed by atoms with Gasteiger partial charge in [-0.25, -0.2) is 0 Å². The van der Waals surface area contributed by atoms with Crippen LogP contribution in [0.4, 0.5) is 0 Å². The summed E-state index contributed by atoms with van der Waals surface area (Å²) in [6.45, 7) is 0.788. The normalized spacial score (nSPS) is 18.5. The molecule has 1 aromatic rings. The lowest BCUT2D eigenvalue weighted by Gasteiger charge is -2.25. The molecule has 1 aliphatic rings. The van der Waals surface area contributed by atoms with Gasteiger partial charge in [-0.15, -0.1) is 0 Å². The van der Waals surface area contributed by atoms with Crippen molar-refractivity contribution < 1.29 is 4.79 Å². The van der Waals surface area contributed by atoms with E-state index >= 15 is 0 Å². The van der Waals surface area contributed by atoms with Gasteiger partial charge >= 0.3 is 0 Å². The van der Waals surface area contributed by atoms with Gasteiger partial charge in [0.05, 0.1) is 5.75 Å². The Morgan fingerprint density at radius 2 is 2.29 bits per heavy atom. The zero-order valence-electron chi connectivity index (χ0n) is 10.2. The van der Waals surface area contributed by atoms with Gasteiger partial charge in [-0.3, -0.25) is 4.79 Å². The van der Waals surface area contributed by atoms with E-state index < -0.39 is 0 Å². The third-order valence-corrected chi connectivity index (χ3v) is 3.87. The fraction of sp³-hybridized carbons (Fsp3) is 0.500. The van der Waals surface area contributed by atoms with Crippen LogP contribution in [0, 0.1) is 0 Å². The first-order valence-corrected chi connectivity index (χ1v) is 7.54. The Morgan fingerprint density at radius 3 is 3.12 bits per heavy atom. The summed E-state index contributed by atoms with van der Waals surface area (Å²) >= 11 is 1.57. The predicted octanol–water partition coefficient (Wildman–Crippen LogP) is 2.59. The van der Waals surface area contributed by atoms with Crippen LogP contribution in [0.1, 0.15) is 29.9 Å². The zero-order valence-corrected chi connectivity index (χ0v) is 11.1. The zero-order chi connectivity index (χ0) is 12.1. The van der Waals surface area contributed by atoms with E-state index in [1.54, 1.807) is 11.8 Å². The molecule has 2 rings (SSSR count). The average Bonchev–Trinajstić information content (AvgIpc) is 2.36. The molecule has 0 aromatic heterocycles. The first-order valence-electron chi connectivity index (χ1n) is 6.14. The fourth-order valence-corrected chi connectivity index (χ4v) is 2.85. The van der Waals surface area contributed by atoms with Gasteiger partial charge in [-0.1, -0.05) is 24.3 Å². The van der Waals surface area contributed by atoms with E-state index in [2.05, 4.69) is 29.6 Å². The topological polar surface area (TPSA) is 29.1 Å². The lowest BCUT2D eigenvalue weighted by atomic mass is 9.83. The van der Waals surface area contributed by atoms with Gasteiger partial charge in [0.1, 0.15) is 0 Å². The molecule has 0 saturated carbocycles. The Labute approximate surface area is 107 Å². The Bertz CT molecular complexity index is 392. The van der Waals surface area contributed by atoms with Crippen LogP contribution in [0.25, 0.3) is 0 Å². The highest BCUT2D eigenvalue weighted by Crippen LogP contribution is 2.30. The number of carbonyl (C=O) groups excluding carboxylic acids is 1. The van der Waals surface area contributed by atoms with Crippen LogP contribution in [-0.4, -0.2) is 24.5 Å². The van der Waals surface area contributed by atoms with E-state index in [-0.39, 0.29) is 5.91 Å². The summed E-state index contributed by atoms with van der Waals surface area (Å²) in [5.74, 6) is 1.22. The van der Waals surface area contributed by atoms with Crippen molar-refractivity contribution in [2.24, 2.45) is 0 Å². The third kappa shape index (κ3) is 3.25.